The first kappa shape index (κ1) is 30.7. The zero-order valence-corrected chi connectivity index (χ0v) is 24.7. The van der Waals surface area contributed by atoms with E-state index in [0.29, 0.717) is 50.0 Å². The molecule has 0 aliphatic carbocycles. The van der Waals surface area contributed by atoms with Crippen LogP contribution in [0.1, 0.15) is 60.5 Å². The molecule has 3 aromatic rings. The highest BCUT2D eigenvalue weighted by Crippen LogP contribution is 2.41. The Morgan fingerprint density at radius 2 is 1.91 bits per heavy atom. The minimum absolute atomic E-state index is 0.0519. The summed E-state index contributed by atoms with van der Waals surface area (Å²) in [6.07, 6.45) is 1.28. The molecule has 230 valence electrons. The fraction of sp³-hybridized carbons (Fsp3) is 0.483. The minimum Gasteiger partial charge on any atom is -0.493 e. The molecule has 2 aromatic heterocycles. The van der Waals surface area contributed by atoms with Crippen LogP contribution in [0.15, 0.2) is 30.6 Å². The summed E-state index contributed by atoms with van der Waals surface area (Å²) in [6.45, 7) is 6.25. The van der Waals surface area contributed by atoms with Gasteiger partial charge in [-0.25, -0.2) is 15.0 Å². The van der Waals surface area contributed by atoms with Gasteiger partial charge in [-0.3, -0.25) is 19.8 Å². The maximum absolute atomic E-state index is 13.9. The molecule has 5 rings (SSSR count). The lowest BCUT2D eigenvalue weighted by molar-refractivity contribution is -0.142. The van der Waals surface area contributed by atoms with Gasteiger partial charge in [0.1, 0.15) is 17.3 Å². The van der Waals surface area contributed by atoms with Crippen molar-refractivity contribution in [1.29, 1.82) is 0 Å². The van der Waals surface area contributed by atoms with Gasteiger partial charge in [0.15, 0.2) is 5.13 Å². The highest BCUT2D eigenvalue weighted by Gasteiger charge is 2.35. The number of hydrogen-bond donors (Lipinski definition) is 2. The van der Waals surface area contributed by atoms with Gasteiger partial charge in [-0.15, -0.1) is 0 Å². The molecule has 2 N–H and O–H groups in total. The monoisotopic (exact) mass is 618 g/mol. The minimum atomic E-state index is -4.62. The molecule has 1 atom stereocenters. The number of anilines is 2. The zero-order valence-electron chi connectivity index (χ0n) is 23.9. The lowest BCUT2D eigenvalue weighted by Gasteiger charge is -2.30. The Bertz CT molecular complexity index is 1460. The number of benzene rings is 1. The third kappa shape index (κ3) is 7.07. The van der Waals surface area contributed by atoms with Crippen molar-refractivity contribution in [1.82, 2.24) is 19.9 Å². The molecular weight excluding hydrogens is 585 g/mol. The number of nitrogens with one attached hydrogen (secondary N) is 1. The van der Waals surface area contributed by atoms with Crippen LogP contribution in [0.4, 0.5) is 24.1 Å². The first-order valence-electron chi connectivity index (χ1n) is 14.2. The first-order valence-corrected chi connectivity index (χ1v) is 15.0. The van der Waals surface area contributed by atoms with E-state index in [1.54, 1.807) is 13.0 Å². The van der Waals surface area contributed by atoms with Gasteiger partial charge in [-0.1, -0.05) is 11.3 Å². The molecule has 0 radical (unpaired) electrons. The molecule has 1 amide bonds. The Morgan fingerprint density at radius 1 is 1.14 bits per heavy atom. The Balaban J connectivity index is 1.37. The summed E-state index contributed by atoms with van der Waals surface area (Å²) in [5.74, 6) is -1.42. The van der Waals surface area contributed by atoms with E-state index in [4.69, 9.17) is 4.74 Å². The van der Waals surface area contributed by atoms with Crippen molar-refractivity contribution >= 4 is 34.2 Å². The van der Waals surface area contributed by atoms with Crippen molar-refractivity contribution in [2.75, 3.05) is 36.5 Å². The van der Waals surface area contributed by atoms with Crippen molar-refractivity contribution < 1.29 is 32.6 Å². The number of thiazole rings is 1. The standard InChI is InChI=1S/C29H33F3N6O4S/c1-3-42-22-7-6-19(13-20(22)29(30,31)32)25-23(16-38-10-4-5-17(38)2)43-28(35-25)36-26(39)21-14-34-24(15-33-21)37-11-8-18(9-12-37)27(40)41/h6-7,13-15,17-18H,3-5,8-12,16H2,1-2H3,(H,40,41)(H,35,36,39)/t17-/m1/s1. The van der Waals surface area contributed by atoms with E-state index < -0.39 is 23.6 Å². The fourth-order valence-electron chi connectivity index (χ4n) is 5.45. The van der Waals surface area contributed by atoms with Gasteiger partial charge in [0.25, 0.3) is 5.91 Å². The molecule has 4 heterocycles. The molecule has 1 aromatic carbocycles. The molecule has 10 nitrogen and oxygen atoms in total. The number of carboxylic acid groups (broad SMARTS) is 1. The summed E-state index contributed by atoms with van der Waals surface area (Å²) >= 11 is 1.22. The molecule has 0 unspecified atom stereocenters. The number of rotatable bonds is 9. The van der Waals surface area contributed by atoms with Crippen LogP contribution >= 0.6 is 11.3 Å². The molecule has 43 heavy (non-hydrogen) atoms. The van der Waals surface area contributed by atoms with Gasteiger partial charge >= 0.3 is 12.1 Å². The smallest absolute Gasteiger partial charge is 0.419 e. The average Bonchev–Trinajstić information content (AvgIpc) is 3.58. The highest BCUT2D eigenvalue weighted by atomic mass is 32.1. The van der Waals surface area contributed by atoms with Crippen LogP contribution in [0.25, 0.3) is 11.3 Å². The lowest BCUT2D eigenvalue weighted by Crippen LogP contribution is -2.36. The van der Waals surface area contributed by atoms with E-state index in [1.165, 1.54) is 29.8 Å². The van der Waals surface area contributed by atoms with Crippen LogP contribution in [0, 0.1) is 5.92 Å². The molecule has 2 aliphatic rings. The number of likely N-dealkylation sites (tertiary alicyclic amines) is 1. The fourth-order valence-corrected chi connectivity index (χ4v) is 6.45. The van der Waals surface area contributed by atoms with Crippen LogP contribution in [0.3, 0.4) is 0 Å². The van der Waals surface area contributed by atoms with E-state index in [9.17, 15) is 27.9 Å². The van der Waals surface area contributed by atoms with Gasteiger partial charge in [-0.05, 0) is 64.3 Å². The highest BCUT2D eigenvalue weighted by molar-refractivity contribution is 7.16. The van der Waals surface area contributed by atoms with Crippen LogP contribution in [-0.2, 0) is 17.5 Å². The SMILES string of the molecule is CCOc1ccc(-c2nc(NC(=O)c3cnc(N4CCC(C(=O)O)CC4)cn3)sc2CN2CCC[C@H]2C)cc1C(F)(F)F. The van der Waals surface area contributed by atoms with E-state index >= 15 is 0 Å². The quantitative estimate of drug-likeness (QED) is 0.318. The van der Waals surface area contributed by atoms with Crippen LogP contribution in [0.5, 0.6) is 5.75 Å². The molecule has 0 bridgehead atoms. The Kier molecular flexibility index (Phi) is 9.16. The molecule has 2 aliphatic heterocycles. The second kappa shape index (κ2) is 12.8. The van der Waals surface area contributed by atoms with Crippen LogP contribution < -0.4 is 15.0 Å². The summed E-state index contributed by atoms with van der Waals surface area (Å²) in [5.41, 5.74) is -0.172. The van der Waals surface area contributed by atoms with Crippen molar-refractivity contribution in [3.8, 4) is 17.0 Å². The van der Waals surface area contributed by atoms with Crippen LogP contribution in [-0.4, -0.2) is 69.1 Å². The number of hydrogen-bond acceptors (Lipinski definition) is 9. The molecule has 0 spiro atoms. The van der Waals surface area contributed by atoms with Gasteiger partial charge in [-0.2, -0.15) is 13.2 Å². The van der Waals surface area contributed by atoms with E-state index in [2.05, 4.69) is 32.1 Å². The average molecular weight is 619 g/mol. The van der Waals surface area contributed by atoms with Gasteiger partial charge in [0, 0.05) is 36.1 Å². The molecule has 0 saturated carbocycles. The summed E-state index contributed by atoms with van der Waals surface area (Å²) in [7, 11) is 0. The Hall–Kier alpha value is -3.78. The summed E-state index contributed by atoms with van der Waals surface area (Å²) in [4.78, 5) is 42.4. The van der Waals surface area contributed by atoms with Gasteiger partial charge in [0.05, 0.1) is 36.2 Å². The number of alkyl halides is 3. The van der Waals surface area contributed by atoms with Crippen molar-refractivity contribution in [2.45, 2.75) is 58.3 Å². The number of carboxylic acids is 1. The van der Waals surface area contributed by atoms with E-state index in [1.807, 2.05) is 4.90 Å². The van der Waals surface area contributed by atoms with Crippen molar-refractivity contribution in [3.05, 3.63) is 46.7 Å². The normalized spacial score (nSPS) is 18.2. The zero-order chi connectivity index (χ0) is 30.7. The number of aliphatic carboxylic acids is 1. The maximum atomic E-state index is 13.9. The maximum Gasteiger partial charge on any atom is 0.419 e. The Labute approximate surface area is 250 Å². The molecular formula is C29H33F3N6O4S. The predicted molar refractivity (Wildman–Crippen MR) is 155 cm³/mol. The van der Waals surface area contributed by atoms with Crippen molar-refractivity contribution in [2.24, 2.45) is 5.92 Å². The van der Waals surface area contributed by atoms with Gasteiger partial charge < -0.3 is 14.7 Å². The first-order chi connectivity index (χ1) is 20.5. The largest absolute Gasteiger partial charge is 0.493 e. The lowest BCUT2D eigenvalue weighted by atomic mass is 9.97. The summed E-state index contributed by atoms with van der Waals surface area (Å²) in [5, 5.41) is 12.2. The second-order valence-corrected chi connectivity index (χ2v) is 11.8. The number of ether oxygens (including phenoxy) is 1. The molecule has 14 heteroatoms. The van der Waals surface area contributed by atoms with E-state index in [0.717, 1.165) is 30.3 Å². The number of nitrogens with zero attached hydrogens (tertiary/aromatic N) is 5. The number of carbonyl (C=O) groups excluding carboxylic acids is 1. The molecule has 2 fully saturated rings. The van der Waals surface area contributed by atoms with Crippen molar-refractivity contribution in [3.63, 3.8) is 0 Å². The third-order valence-electron chi connectivity index (χ3n) is 7.85. The Morgan fingerprint density at radius 3 is 2.51 bits per heavy atom. The number of piperidine rings is 1. The summed E-state index contributed by atoms with van der Waals surface area (Å²) in [6, 6.07) is 4.23. The second-order valence-electron chi connectivity index (χ2n) is 10.7. The third-order valence-corrected chi connectivity index (χ3v) is 8.81. The number of aromatic nitrogens is 3. The topological polar surface area (TPSA) is 121 Å². The van der Waals surface area contributed by atoms with E-state index in [-0.39, 0.29) is 34.7 Å². The number of carbonyl (C=O) groups is 2. The molecule has 2 saturated heterocycles. The summed E-state index contributed by atoms with van der Waals surface area (Å²) < 4.78 is 46.9. The number of amides is 1. The number of halogens is 3. The van der Waals surface area contributed by atoms with Gasteiger partial charge in [0.2, 0.25) is 0 Å². The van der Waals surface area contributed by atoms with Crippen LogP contribution in [0.2, 0.25) is 0 Å². The predicted octanol–water partition coefficient (Wildman–Crippen LogP) is 5.56.